The van der Waals surface area contributed by atoms with Gasteiger partial charge in [-0.2, -0.15) is 0 Å². The lowest BCUT2D eigenvalue weighted by Crippen LogP contribution is -2.41. The van der Waals surface area contributed by atoms with Gasteiger partial charge in [-0.15, -0.1) is 0 Å². The fraction of sp³-hybridized carbons (Fsp3) is 0.368. The Bertz CT molecular complexity index is 679. The topological polar surface area (TPSA) is 27.7 Å². The molecule has 0 spiro atoms. The maximum Gasteiger partial charge on any atom is 0.494 e. The van der Waals surface area contributed by atoms with Crippen LogP contribution in [0.2, 0.25) is 0 Å². The van der Waals surface area contributed by atoms with Crippen LogP contribution in [-0.4, -0.2) is 25.4 Å². The van der Waals surface area contributed by atoms with Gasteiger partial charge in [0.25, 0.3) is 0 Å². The van der Waals surface area contributed by atoms with Gasteiger partial charge in [0.2, 0.25) is 0 Å². The van der Waals surface area contributed by atoms with Crippen molar-refractivity contribution >= 4 is 12.6 Å². The Labute approximate surface area is 138 Å². The monoisotopic (exact) mass is 310 g/mol. The second kappa shape index (κ2) is 5.70. The van der Waals surface area contributed by atoms with Gasteiger partial charge < -0.3 is 14.0 Å². The van der Waals surface area contributed by atoms with E-state index in [0.29, 0.717) is 0 Å². The molecule has 0 atom stereocenters. The van der Waals surface area contributed by atoms with Crippen molar-refractivity contribution in [2.75, 3.05) is 7.11 Å². The van der Waals surface area contributed by atoms with Gasteiger partial charge >= 0.3 is 7.12 Å². The van der Waals surface area contributed by atoms with Crippen molar-refractivity contribution in [3.8, 4) is 16.9 Å². The van der Waals surface area contributed by atoms with Gasteiger partial charge in [0, 0.05) is 5.56 Å². The van der Waals surface area contributed by atoms with Crippen LogP contribution in [0.3, 0.4) is 0 Å². The first-order valence-corrected chi connectivity index (χ1v) is 7.93. The number of benzene rings is 2. The van der Waals surface area contributed by atoms with Crippen LogP contribution < -0.4 is 10.2 Å². The summed E-state index contributed by atoms with van der Waals surface area (Å²) in [5.74, 6) is 0.823. The minimum atomic E-state index is -0.376. The van der Waals surface area contributed by atoms with E-state index in [9.17, 15) is 0 Å². The molecule has 0 aromatic heterocycles. The molecule has 2 aromatic rings. The van der Waals surface area contributed by atoms with Crippen molar-refractivity contribution in [2.24, 2.45) is 0 Å². The first-order valence-electron chi connectivity index (χ1n) is 7.93. The van der Waals surface area contributed by atoms with E-state index in [0.717, 1.165) is 22.3 Å². The summed E-state index contributed by atoms with van der Waals surface area (Å²) in [6, 6.07) is 16.3. The van der Waals surface area contributed by atoms with Gasteiger partial charge in [0.05, 0.1) is 18.3 Å². The lowest BCUT2D eigenvalue weighted by atomic mass is 9.78. The van der Waals surface area contributed by atoms with Crippen LogP contribution in [0.5, 0.6) is 5.75 Å². The SMILES string of the molecule is COc1cc(B2OC(C)(C)C(C)(C)O2)ccc1-c1ccccc1. The average molecular weight is 310 g/mol. The van der Waals surface area contributed by atoms with E-state index < -0.39 is 0 Å². The summed E-state index contributed by atoms with van der Waals surface area (Å²) >= 11 is 0. The molecule has 0 radical (unpaired) electrons. The quantitative estimate of drug-likeness (QED) is 0.810. The number of methoxy groups -OCH3 is 1. The Kier molecular flexibility index (Phi) is 3.99. The molecule has 0 saturated carbocycles. The largest absolute Gasteiger partial charge is 0.496 e. The molecule has 1 aliphatic rings. The molecular weight excluding hydrogens is 287 g/mol. The van der Waals surface area contributed by atoms with Crippen LogP contribution in [-0.2, 0) is 9.31 Å². The summed E-state index contributed by atoms with van der Waals surface area (Å²) in [6.45, 7) is 8.23. The molecule has 0 N–H and O–H groups in total. The Hall–Kier alpha value is -1.78. The highest BCUT2D eigenvalue weighted by Gasteiger charge is 2.51. The lowest BCUT2D eigenvalue weighted by Gasteiger charge is -2.32. The lowest BCUT2D eigenvalue weighted by molar-refractivity contribution is 0.00578. The molecule has 4 heteroatoms. The third kappa shape index (κ3) is 2.89. The highest BCUT2D eigenvalue weighted by Crippen LogP contribution is 2.37. The number of hydrogen-bond donors (Lipinski definition) is 0. The first kappa shape index (κ1) is 16.1. The minimum absolute atomic E-state index is 0.344. The summed E-state index contributed by atoms with van der Waals surface area (Å²) in [4.78, 5) is 0. The number of rotatable bonds is 3. The summed E-state index contributed by atoms with van der Waals surface area (Å²) in [7, 11) is 1.31. The van der Waals surface area contributed by atoms with Crippen molar-refractivity contribution in [3.05, 3.63) is 48.5 Å². The van der Waals surface area contributed by atoms with Gasteiger partial charge in [-0.05, 0) is 44.8 Å². The molecule has 23 heavy (non-hydrogen) atoms. The van der Waals surface area contributed by atoms with Crippen LogP contribution in [0.4, 0.5) is 0 Å². The zero-order valence-electron chi connectivity index (χ0n) is 14.4. The number of hydrogen-bond acceptors (Lipinski definition) is 3. The van der Waals surface area contributed by atoms with Crippen molar-refractivity contribution in [1.29, 1.82) is 0 Å². The summed E-state index contributed by atoms with van der Waals surface area (Å²) < 4.78 is 17.8. The smallest absolute Gasteiger partial charge is 0.494 e. The molecule has 1 heterocycles. The molecule has 3 nitrogen and oxygen atoms in total. The molecule has 120 valence electrons. The van der Waals surface area contributed by atoms with Crippen molar-refractivity contribution in [2.45, 2.75) is 38.9 Å². The third-order valence-corrected chi connectivity index (χ3v) is 4.84. The van der Waals surface area contributed by atoms with Gasteiger partial charge in [0.1, 0.15) is 5.75 Å². The molecule has 0 aliphatic carbocycles. The van der Waals surface area contributed by atoms with Crippen LogP contribution in [0, 0.1) is 0 Å². The van der Waals surface area contributed by atoms with Crippen molar-refractivity contribution < 1.29 is 14.0 Å². The van der Waals surface area contributed by atoms with E-state index in [4.69, 9.17) is 14.0 Å². The van der Waals surface area contributed by atoms with Crippen LogP contribution in [0.1, 0.15) is 27.7 Å². The minimum Gasteiger partial charge on any atom is -0.496 e. The Morgan fingerprint density at radius 1 is 0.870 bits per heavy atom. The van der Waals surface area contributed by atoms with E-state index in [-0.39, 0.29) is 18.3 Å². The summed E-state index contributed by atoms with van der Waals surface area (Å²) in [5, 5.41) is 0. The molecule has 1 aliphatic heterocycles. The second-order valence-electron chi connectivity index (χ2n) is 6.91. The second-order valence-corrected chi connectivity index (χ2v) is 6.91. The third-order valence-electron chi connectivity index (χ3n) is 4.84. The predicted molar refractivity (Wildman–Crippen MR) is 94.1 cm³/mol. The van der Waals surface area contributed by atoms with Gasteiger partial charge in [-0.1, -0.05) is 42.5 Å². The molecular formula is C19H23BO3. The Morgan fingerprint density at radius 2 is 1.48 bits per heavy atom. The standard InChI is InChI=1S/C19H23BO3/c1-18(2)19(3,4)23-20(22-18)15-11-12-16(17(13-15)21-5)14-9-7-6-8-10-14/h6-13H,1-5H3. The van der Waals surface area contributed by atoms with E-state index in [1.54, 1.807) is 7.11 Å². The van der Waals surface area contributed by atoms with Crippen molar-refractivity contribution in [3.63, 3.8) is 0 Å². The Morgan fingerprint density at radius 3 is 2.04 bits per heavy atom. The first-order chi connectivity index (χ1) is 10.8. The molecule has 2 aromatic carbocycles. The van der Waals surface area contributed by atoms with E-state index >= 15 is 0 Å². The van der Waals surface area contributed by atoms with E-state index in [1.807, 2.05) is 30.3 Å². The van der Waals surface area contributed by atoms with Crippen LogP contribution in [0.25, 0.3) is 11.1 Å². The molecule has 3 rings (SSSR count). The zero-order chi connectivity index (χ0) is 16.7. The van der Waals surface area contributed by atoms with Crippen molar-refractivity contribution in [1.82, 2.24) is 0 Å². The summed E-state index contributed by atoms with van der Waals surface area (Å²) in [5.41, 5.74) is 2.48. The molecule has 0 bridgehead atoms. The van der Waals surface area contributed by atoms with Gasteiger partial charge in [-0.25, -0.2) is 0 Å². The number of ether oxygens (including phenoxy) is 1. The normalized spacial score (nSPS) is 18.9. The van der Waals surface area contributed by atoms with E-state index in [2.05, 4.69) is 45.9 Å². The highest BCUT2D eigenvalue weighted by atomic mass is 16.7. The predicted octanol–water partition coefficient (Wildman–Crippen LogP) is 3.66. The maximum atomic E-state index is 6.12. The highest BCUT2D eigenvalue weighted by molar-refractivity contribution is 6.62. The Balaban J connectivity index is 1.95. The van der Waals surface area contributed by atoms with Gasteiger partial charge in [-0.3, -0.25) is 0 Å². The van der Waals surface area contributed by atoms with E-state index in [1.165, 1.54) is 0 Å². The van der Waals surface area contributed by atoms with Crippen LogP contribution in [0.15, 0.2) is 48.5 Å². The average Bonchev–Trinajstić information content (AvgIpc) is 2.75. The zero-order valence-corrected chi connectivity index (χ0v) is 14.4. The van der Waals surface area contributed by atoms with Crippen LogP contribution >= 0.6 is 0 Å². The molecule has 1 saturated heterocycles. The fourth-order valence-corrected chi connectivity index (χ4v) is 2.69. The fourth-order valence-electron chi connectivity index (χ4n) is 2.69. The van der Waals surface area contributed by atoms with Gasteiger partial charge in [0.15, 0.2) is 0 Å². The maximum absolute atomic E-state index is 6.12. The molecule has 0 amide bonds. The molecule has 0 unspecified atom stereocenters. The summed E-state index contributed by atoms with van der Waals surface area (Å²) in [6.07, 6.45) is 0. The molecule has 1 fully saturated rings.